The summed E-state index contributed by atoms with van der Waals surface area (Å²) in [6.45, 7) is 1.39. The summed E-state index contributed by atoms with van der Waals surface area (Å²) in [5.74, 6) is 0.178. The SMILES string of the molecule is Cn1cncc1-c1nccnc1[C@H]1CCCN(C(=O)c2cccnc2)C1. The molecule has 0 unspecified atom stereocenters. The Morgan fingerprint density at radius 2 is 2.04 bits per heavy atom. The largest absolute Gasteiger partial charge is 0.338 e. The molecule has 1 fully saturated rings. The molecule has 3 aromatic heterocycles. The van der Waals surface area contributed by atoms with Crippen molar-refractivity contribution in [3.63, 3.8) is 0 Å². The quantitative estimate of drug-likeness (QED) is 0.726. The first-order chi connectivity index (χ1) is 12.7. The summed E-state index contributed by atoms with van der Waals surface area (Å²) in [4.78, 5) is 32.1. The molecule has 132 valence electrons. The van der Waals surface area contributed by atoms with Crippen LogP contribution in [0.15, 0.2) is 49.4 Å². The van der Waals surface area contributed by atoms with Gasteiger partial charge in [0, 0.05) is 50.8 Å². The summed E-state index contributed by atoms with van der Waals surface area (Å²) in [6.07, 6.45) is 12.2. The molecular formula is C19H20N6O. The van der Waals surface area contributed by atoms with E-state index in [2.05, 4.69) is 19.9 Å². The Balaban J connectivity index is 1.61. The first kappa shape index (κ1) is 16.4. The highest BCUT2D eigenvalue weighted by molar-refractivity contribution is 5.94. The van der Waals surface area contributed by atoms with Crippen molar-refractivity contribution in [2.45, 2.75) is 18.8 Å². The Morgan fingerprint density at radius 3 is 2.81 bits per heavy atom. The Morgan fingerprint density at radius 1 is 1.15 bits per heavy atom. The number of carbonyl (C=O) groups is 1. The maximum absolute atomic E-state index is 12.8. The van der Waals surface area contributed by atoms with Crippen LogP contribution < -0.4 is 0 Å². The molecule has 3 aromatic rings. The maximum atomic E-state index is 12.8. The lowest BCUT2D eigenvalue weighted by atomic mass is 9.92. The fourth-order valence-corrected chi connectivity index (χ4v) is 3.49. The van der Waals surface area contributed by atoms with E-state index in [4.69, 9.17) is 0 Å². The standard InChI is InChI=1S/C19H20N6O/c1-24-13-21-11-16(24)18-17(22-7-8-23-18)15-5-3-9-25(12-15)19(26)14-4-2-6-20-10-14/h2,4,6-8,10-11,13,15H,3,5,9,12H2,1H3/t15-/m0/s1. The normalized spacial score (nSPS) is 17.3. The summed E-state index contributed by atoms with van der Waals surface area (Å²) in [5.41, 5.74) is 3.33. The number of hydrogen-bond donors (Lipinski definition) is 0. The Kier molecular flexibility index (Phi) is 4.43. The molecule has 0 bridgehead atoms. The Bertz CT molecular complexity index is 907. The van der Waals surface area contributed by atoms with Crippen molar-refractivity contribution in [1.82, 2.24) is 29.4 Å². The van der Waals surface area contributed by atoms with Crippen LogP contribution in [0.25, 0.3) is 11.4 Å². The Hall–Kier alpha value is -3.09. The number of piperidine rings is 1. The Labute approximate surface area is 151 Å². The van der Waals surface area contributed by atoms with Crippen LogP contribution in [-0.2, 0) is 7.05 Å². The number of imidazole rings is 1. The van der Waals surface area contributed by atoms with Crippen molar-refractivity contribution in [3.05, 3.63) is 60.7 Å². The molecule has 7 nitrogen and oxygen atoms in total. The van der Waals surface area contributed by atoms with Crippen molar-refractivity contribution in [1.29, 1.82) is 0 Å². The number of nitrogens with zero attached hydrogens (tertiary/aromatic N) is 6. The molecule has 0 radical (unpaired) electrons. The molecule has 26 heavy (non-hydrogen) atoms. The van der Waals surface area contributed by atoms with E-state index < -0.39 is 0 Å². The topological polar surface area (TPSA) is 76.8 Å². The molecule has 0 N–H and O–H groups in total. The summed E-state index contributed by atoms with van der Waals surface area (Å²) < 4.78 is 1.94. The van der Waals surface area contributed by atoms with Gasteiger partial charge in [-0.3, -0.25) is 19.7 Å². The van der Waals surface area contributed by atoms with Crippen molar-refractivity contribution in [2.75, 3.05) is 13.1 Å². The van der Waals surface area contributed by atoms with E-state index >= 15 is 0 Å². The minimum absolute atomic E-state index is 0.0220. The molecule has 1 amide bonds. The van der Waals surface area contributed by atoms with E-state index in [0.29, 0.717) is 12.1 Å². The number of rotatable bonds is 3. The highest BCUT2D eigenvalue weighted by Crippen LogP contribution is 2.31. The van der Waals surface area contributed by atoms with Gasteiger partial charge in [-0.15, -0.1) is 0 Å². The van der Waals surface area contributed by atoms with Crippen molar-refractivity contribution < 1.29 is 4.79 Å². The van der Waals surface area contributed by atoms with Crippen LogP contribution in [0, 0.1) is 0 Å². The average molecular weight is 348 g/mol. The van der Waals surface area contributed by atoms with Crippen LogP contribution in [0.4, 0.5) is 0 Å². The second kappa shape index (κ2) is 7.03. The van der Waals surface area contributed by atoms with Gasteiger partial charge >= 0.3 is 0 Å². The zero-order chi connectivity index (χ0) is 17.9. The number of aryl methyl sites for hydroxylation is 1. The van der Waals surface area contributed by atoms with E-state index in [1.54, 1.807) is 43.4 Å². The summed E-state index contributed by atoms with van der Waals surface area (Å²) in [5, 5.41) is 0. The zero-order valence-electron chi connectivity index (χ0n) is 14.6. The lowest BCUT2D eigenvalue weighted by Gasteiger charge is -2.33. The summed E-state index contributed by atoms with van der Waals surface area (Å²) in [7, 11) is 1.94. The van der Waals surface area contributed by atoms with E-state index in [1.807, 2.05) is 22.6 Å². The highest BCUT2D eigenvalue weighted by atomic mass is 16.2. The van der Waals surface area contributed by atoms with Gasteiger partial charge in [-0.1, -0.05) is 0 Å². The predicted octanol–water partition coefficient (Wildman–Crippen LogP) is 2.29. The molecule has 1 aliphatic rings. The third-order valence-electron chi connectivity index (χ3n) is 4.79. The minimum Gasteiger partial charge on any atom is -0.338 e. The zero-order valence-corrected chi connectivity index (χ0v) is 14.6. The van der Waals surface area contributed by atoms with Gasteiger partial charge in [-0.2, -0.15) is 0 Å². The minimum atomic E-state index is 0.0220. The van der Waals surface area contributed by atoms with Gasteiger partial charge < -0.3 is 9.47 Å². The molecule has 0 saturated carbocycles. The van der Waals surface area contributed by atoms with E-state index in [-0.39, 0.29) is 11.8 Å². The van der Waals surface area contributed by atoms with Crippen LogP contribution in [-0.4, -0.2) is 48.4 Å². The van der Waals surface area contributed by atoms with Gasteiger partial charge in [0.2, 0.25) is 0 Å². The summed E-state index contributed by atoms with van der Waals surface area (Å²) in [6, 6.07) is 3.60. The molecule has 1 aliphatic heterocycles. The molecule has 0 spiro atoms. The van der Waals surface area contributed by atoms with Crippen molar-refractivity contribution in [3.8, 4) is 11.4 Å². The number of likely N-dealkylation sites (tertiary alicyclic amines) is 1. The first-order valence-corrected chi connectivity index (χ1v) is 8.71. The van der Waals surface area contributed by atoms with Gasteiger partial charge in [-0.25, -0.2) is 4.98 Å². The van der Waals surface area contributed by atoms with E-state index in [0.717, 1.165) is 36.5 Å². The smallest absolute Gasteiger partial charge is 0.255 e. The van der Waals surface area contributed by atoms with Gasteiger partial charge in [0.1, 0.15) is 5.69 Å². The molecular weight excluding hydrogens is 328 g/mol. The van der Waals surface area contributed by atoms with E-state index in [1.165, 1.54) is 0 Å². The monoisotopic (exact) mass is 348 g/mol. The van der Waals surface area contributed by atoms with E-state index in [9.17, 15) is 4.79 Å². The first-order valence-electron chi connectivity index (χ1n) is 8.71. The lowest BCUT2D eigenvalue weighted by Crippen LogP contribution is -2.39. The fourth-order valence-electron chi connectivity index (χ4n) is 3.49. The number of pyridine rings is 1. The highest BCUT2D eigenvalue weighted by Gasteiger charge is 2.29. The lowest BCUT2D eigenvalue weighted by molar-refractivity contribution is 0.0705. The van der Waals surface area contributed by atoms with Crippen molar-refractivity contribution in [2.24, 2.45) is 7.05 Å². The third kappa shape index (κ3) is 3.08. The second-order valence-corrected chi connectivity index (χ2v) is 6.51. The number of hydrogen-bond acceptors (Lipinski definition) is 5. The van der Waals surface area contributed by atoms with Gasteiger partial charge in [0.15, 0.2) is 0 Å². The van der Waals surface area contributed by atoms with Crippen LogP contribution in [0.5, 0.6) is 0 Å². The molecule has 4 heterocycles. The number of amides is 1. The molecule has 0 aromatic carbocycles. The third-order valence-corrected chi connectivity index (χ3v) is 4.79. The van der Waals surface area contributed by atoms with Gasteiger partial charge in [0.05, 0.1) is 29.5 Å². The predicted molar refractivity (Wildman–Crippen MR) is 96.3 cm³/mol. The fraction of sp³-hybridized carbons (Fsp3) is 0.316. The number of carbonyl (C=O) groups excluding carboxylic acids is 1. The maximum Gasteiger partial charge on any atom is 0.255 e. The molecule has 4 rings (SSSR count). The number of aromatic nitrogens is 5. The average Bonchev–Trinajstić information content (AvgIpc) is 3.14. The van der Waals surface area contributed by atoms with Crippen LogP contribution >= 0.6 is 0 Å². The van der Waals surface area contributed by atoms with Crippen LogP contribution in [0.2, 0.25) is 0 Å². The van der Waals surface area contributed by atoms with Crippen LogP contribution in [0.3, 0.4) is 0 Å². The molecule has 7 heteroatoms. The second-order valence-electron chi connectivity index (χ2n) is 6.51. The van der Waals surface area contributed by atoms with Gasteiger partial charge in [0.25, 0.3) is 5.91 Å². The van der Waals surface area contributed by atoms with Crippen LogP contribution in [0.1, 0.15) is 34.8 Å². The van der Waals surface area contributed by atoms with Crippen molar-refractivity contribution >= 4 is 5.91 Å². The summed E-state index contributed by atoms with van der Waals surface area (Å²) >= 11 is 0. The molecule has 0 aliphatic carbocycles. The molecule has 1 atom stereocenters. The van der Waals surface area contributed by atoms with Gasteiger partial charge in [-0.05, 0) is 25.0 Å². The molecule has 1 saturated heterocycles.